The molecule has 0 radical (unpaired) electrons. The maximum absolute atomic E-state index is 5.57. The number of ether oxygens (including phenoxy) is 2. The molecule has 0 amide bonds. The predicted octanol–water partition coefficient (Wildman–Crippen LogP) is 3.08. The first-order chi connectivity index (χ1) is 13.1. The largest absolute Gasteiger partial charge is 0.491 e. The summed E-state index contributed by atoms with van der Waals surface area (Å²) in [5.41, 5.74) is 2.06. The van der Waals surface area contributed by atoms with Crippen LogP contribution in [0.1, 0.15) is 43.7 Å². The van der Waals surface area contributed by atoms with Crippen molar-refractivity contribution < 1.29 is 14.0 Å². The Labute approximate surface area is 161 Å². The lowest BCUT2D eigenvalue weighted by Gasteiger charge is -2.10. The Morgan fingerprint density at radius 3 is 2.59 bits per heavy atom. The maximum Gasteiger partial charge on any atom is 0.191 e. The lowest BCUT2D eigenvalue weighted by atomic mass is 10.1. The Balaban J connectivity index is 1.88. The quantitative estimate of drug-likeness (QED) is 0.378. The van der Waals surface area contributed by atoms with Gasteiger partial charge in [0.05, 0.1) is 25.4 Å². The Morgan fingerprint density at radius 1 is 1.19 bits per heavy atom. The highest BCUT2D eigenvalue weighted by Gasteiger charge is 2.08. The predicted molar refractivity (Wildman–Crippen MR) is 106 cm³/mol. The molecule has 0 saturated heterocycles. The second kappa shape index (κ2) is 11.2. The molecule has 1 heterocycles. The minimum Gasteiger partial charge on any atom is -0.491 e. The molecule has 148 valence electrons. The Bertz CT molecular complexity index is 696. The highest BCUT2D eigenvalue weighted by Crippen LogP contribution is 2.14. The average Bonchev–Trinajstić information content (AvgIpc) is 3.15. The van der Waals surface area contributed by atoms with E-state index < -0.39 is 0 Å². The number of methoxy groups -OCH3 is 1. The molecule has 0 atom stereocenters. The van der Waals surface area contributed by atoms with E-state index in [2.05, 4.69) is 34.6 Å². The van der Waals surface area contributed by atoms with Gasteiger partial charge < -0.3 is 24.6 Å². The monoisotopic (exact) mass is 374 g/mol. The molecule has 0 bridgehead atoms. The number of nitrogens with one attached hydrogen (secondary N) is 2. The number of aromatic nitrogens is 1. The highest BCUT2D eigenvalue weighted by molar-refractivity contribution is 5.79. The molecule has 0 spiro atoms. The third-order valence-corrected chi connectivity index (χ3v) is 3.84. The number of hydrogen-bond acceptors (Lipinski definition) is 5. The molecule has 0 saturated carbocycles. The van der Waals surface area contributed by atoms with Crippen LogP contribution in [0.25, 0.3) is 0 Å². The molecule has 27 heavy (non-hydrogen) atoms. The van der Waals surface area contributed by atoms with E-state index in [1.54, 1.807) is 7.11 Å². The van der Waals surface area contributed by atoms with Crippen molar-refractivity contribution in [3.05, 3.63) is 47.3 Å². The van der Waals surface area contributed by atoms with Gasteiger partial charge in [-0.25, -0.2) is 4.99 Å². The Hall–Kier alpha value is -2.54. The summed E-state index contributed by atoms with van der Waals surface area (Å²) < 4.78 is 15.9. The van der Waals surface area contributed by atoms with Crippen LogP contribution in [0.4, 0.5) is 0 Å². The third-order valence-electron chi connectivity index (χ3n) is 3.84. The van der Waals surface area contributed by atoms with Crippen molar-refractivity contribution in [2.75, 3.05) is 26.9 Å². The SMILES string of the molecule is CCNC(=NCc1ccc(OCCOC)cc1)NCc1cc(C(C)C)no1. The van der Waals surface area contributed by atoms with Crippen LogP contribution in [0, 0.1) is 0 Å². The minimum absolute atomic E-state index is 0.353. The lowest BCUT2D eigenvalue weighted by Crippen LogP contribution is -2.36. The second-order valence-corrected chi connectivity index (χ2v) is 6.41. The van der Waals surface area contributed by atoms with Gasteiger partial charge in [0.15, 0.2) is 11.7 Å². The first-order valence-electron chi connectivity index (χ1n) is 9.30. The number of hydrogen-bond donors (Lipinski definition) is 2. The summed E-state index contributed by atoms with van der Waals surface area (Å²) in [7, 11) is 1.66. The van der Waals surface area contributed by atoms with Gasteiger partial charge in [-0.15, -0.1) is 0 Å². The molecule has 2 rings (SSSR count). The van der Waals surface area contributed by atoms with Crippen LogP contribution in [0.5, 0.6) is 5.75 Å². The van der Waals surface area contributed by atoms with Crippen molar-refractivity contribution in [2.24, 2.45) is 4.99 Å². The van der Waals surface area contributed by atoms with E-state index in [0.717, 1.165) is 35.3 Å². The molecule has 1 aromatic carbocycles. The number of aliphatic imine (C=N–C) groups is 1. The lowest BCUT2D eigenvalue weighted by molar-refractivity contribution is 0.146. The molecule has 2 N–H and O–H groups in total. The van der Waals surface area contributed by atoms with Crippen LogP contribution in [-0.2, 0) is 17.8 Å². The van der Waals surface area contributed by atoms with E-state index in [1.807, 2.05) is 37.3 Å². The van der Waals surface area contributed by atoms with Crippen LogP contribution in [0.3, 0.4) is 0 Å². The second-order valence-electron chi connectivity index (χ2n) is 6.41. The molecular formula is C20H30N4O3. The van der Waals surface area contributed by atoms with Gasteiger partial charge in [0.25, 0.3) is 0 Å². The number of nitrogens with zero attached hydrogens (tertiary/aromatic N) is 2. The summed E-state index contributed by atoms with van der Waals surface area (Å²) in [6.07, 6.45) is 0. The van der Waals surface area contributed by atoms with E-state index in [-0.39, 0.29) is 0 Å². The maximum atomic E-state index is 5.57. The fraction of sp³-hybridized carbons (Fsp3) is 0.500. The van der Waals surface area contributed by atoms with E-state index in [0.29, 0.717) is 32.2 Å². The minimum atomic E-state index is 0.353. The van der Waals surface area contributed by atoms with Gasteiger partial charge in [0.1, 0.15) is 12.4 Å². The van der Waals surface area contributed by atoms with E-state index in [9.17, 15) is 0 Å². The molecular weight excluding hydrogens is 344 g/mol. The van der Waals surface area contributed by atoms with Gasteiger partial charge in [-0.3, -0.25) is 0 Å². The number of rotatable bonds is 10. The zero-order valence-corrected chi connectivity index (χ0v) is 16.6. The summed E-state index contributed by atoms with van der Waals surface area (Å²) in [6, 6.07) is 9.90. The Kier molecular flexibility index (Phi) is 8.64. The van der Waals surface area contributed by atoms with Gasteiger partial charge in [-0.1, -0.05) is 31.1 Å². The van der Waals surface area contributed by atoms with Crippen molar-refractivity contribution >= 4 is 5.96 Å². The molecule has 0 unspecified atom stereocenters. The smallest absolute Gasteiger partial charge is 0.191 e. The summed E-state index contributed by atoms with van der Waals surface area (Å²) in [5.74, 6) is 2.71. The average molecular weight is 374 g/mol. The molecule has 0 aliphatic rings. The van der Waals surface area contributed by atoms with E-state index in [1.165, 1.54) is 0 Å². The van der Waals surface area contributed by atoms with Crippen LogP contribution in [-0.4, -0.2) is 38.0 Å². The first-order valence-corrected chi connectivity index (χ1v) is 9.30. The molecule has 1 aromatic heterocycles. The zero-order chi connectivity index (χ0) is 19.5. The van der Waals surface area contributed by atoms with Crippen LogP contribution in [0.2, 0.25) is 0 Å². The number of benzene rings is 1. The van der Waals surface area contributed by atoms with Crippen LogP contribution < -0.4 is 15.4 Å². The normalized spacial score (nSPS) is 11.7. The van der Waals surface area contributed by atoms with Gasteiger partial charge in [-0.05, 0) is 30.5 Å². The van der Waals surface area contributed by atoms with Crippen molar-refractivity contribution in [1.82, 2.24) is 15.8 Å². The fourth-order valence-electron chi connectivity index (χ4n) is 2.30. The first kappa shape index (κ1) is 20.8. The van der Waals surface area contributed by atoms with Gasteiger partial charge in [0.2, 0.25) is 0 Å². The van der Waals surface area contributed by atoms with Gasteiger partial charge in [0, 0.05) is 19.7 Å². The molecule has 0 aliphatic carbocycles. The molecule has 0 fully saturated rings. The van der Waals surface area contributed by atoms with E-state index >= 15 is 0 Å². The van der Waals surface area contributed by atoms with Crippen molar-refractivity contribution in [2.45, 2.75) is 39.8 Å². The highest BCUT2D eigenvalue weighted by atomic mass is 16.5. The standard InChI is InChI=1S/C20H30N4O3/c1-5-21-20(23-14-18-12-19(15(2)3)24-27-18)22-13-16-6-8-17(9-7-16)26-11-10-25-4/h6-9,12,15H,5,10-11,13-14H2,1-4H3,(H2,21,22,23). The molecule has 7 heteroatoms. The van der Waals surface area contributed by atoms with Gasteiger partial charge in [-0.2, -0.15) is 0 Å². The molecule has 2 aromatic rings. The van der Waals surface area contributed by atoms with Crippen LogP contribution in [0.15, 0.2) is 39.8 Å². The van der Waals surface area contributed by atoms with Crippen LogP contribution >= 0.6 is 0 Å². The van der Waals surface area contributed by atoms with E-state index in [4.69, 9.17) is 14.0 Å². The molecule has 0 aliphatic heterocycles. The summed E-state index contributed by atoms with van der Waals surface area (Å²) in [5, 5.41) is 10.6. The van der Waals surface area contributed by atoms with Crippen molar-refractivity contribution in [3.63, 3.8) is 0 Å². The zero-order valence-electron chi connectivity index (χ0n) is 16.6. The number of guanidine groups is 1. The van der Waals surface area contributed by atoms with Crippen molar-refractivity contribution in [1.29, 1.82) is 0 Å². The third kappa shape index (κ3) is 7.30. The summed E-state index contributed by atoms with van der Waals surface area (Å²) in [4.78, 5) is 4.62. The Morgan fingerprint density at radius 2 is 1.96 bits per heavy atom. The molecule has 7 nitrogen and oxygen atoms in total. The summed E-state index contributed by atoms with van der Waals surface area (Å²) in [6.45, 7) is 9.23. The van der Waals surface area contributed by atoms with Gasteiger partial charge >= 0.3 is 0 Å². The topological polar surface area (TPSA) is 80.9 Å². The van der Waals surface area contributed by atoms with Crippen molar-refractivity contribution in [3.8, 4) is 5.75 Å². The fourth-order valence-corrected chi connectivity index (χ4v) is 2.30. The summed E-state index contributed by atoms with van der Waals surface area (Å²) >= 11 is 0.